The molecule has 1 aliphatic rings. The smallest absolute Gasteiger partial charge is 0.257 e. The molecule has 0 spiro atoms. The van der Waals surface area contributed by atoms with Crippen molar-refractivity contribution in [2.24, 2.45) is 0 Å². The molecule has 1 amide bonds. The number of carbonyl (C=O) groups excluding carboxylic acids is 1. The highest BCUT2D eigenvalue weighted by Crippen LogP contribution is 2.29. The van der Waals surface area contributed by atoms with Crippen LogP contribution in [0.15, 0.2) is 18.2 Å². The zero-order valence-electron chi connectivity index (χ0n) is 11.4. The third-order valence-electron chi connectivity index (χ3n) is 3.36. The molecule has 1 heterocycles. The third kappa shape index (κ3) is 2.97. The second-order valence-corrected chi connectivity index (χ2v) is 5.99. The molecule has 1 aromatic carbocycles. The molecule has 104 valence electrons. The number of carbonyl (C=O) groups is 1. The van der Waals surface area contributed by atoms with Gasteiger partial charge in [-0.05, 0) is 18.6 Å². The van der Waals surface area contributed by atoms with E-state index in [4.69, 9.17) is 10.5 Å². The summed E-state index contributed by atoms with van der Waals surface area (Å²) in [6.07, 6.45) is 1.09. The quantitative estimate of drug-likeness (QED) is 0.863. The van der Waals surface area contributed by atoms with Gasteiger partial charge in [-0.25, -0.2) is 0 Å². The number of hydrogen-bond acceptors (Lipinski definition) is 4. The van der Waals surface area contributed by atoms with E-state index in [1.807, 2.05) is 16.7 Å². The Balaban J connectivity index is 2.22. The van der Waals surface area contributed by atoms with Crippen LogP contribution in [-0.4, -0.2) is 42.0 Å². The van der Waals surface area contributed by atoms with Crippen LogP contribution in [0.3, 0.4) is 0 Å². The van der Waals surface area contributed by atoms with Gasteiger partial charge in [0.2, 0.25) is 0 Å². The van der Waals surface area contributed by atoms with Crippen LogP contribution in [0.2, 0.25) is 0 Å². The topological polar surface area (TPSA) is 55.6 Å². The highest BCUT2D eigenvalue weighted by Gasteiger charge is 2.26. The fourth-order valence-corrected chi connectivity index (χ4v) is 3.45. The summed E-state index contributed by atoms with van der Waals surface area (Å²) in [5.74, 6) is 1.50. The normalized spacial score (nSPS) is 19.3. The molecular formula is C14H20N2O2S. The van der Waals surface area contributed by atoms with Crippen molar-refractivity contribution in [3.63, 3.8) is 0 Å². The summed E-state index contributed by atoms with van der Waals surface area (Å²) in [4.78, 5) is 14.5. The Kier molecular flexibility index (Phi) is 4.58. The van der Waals surface area contributed by atoms with E-state index in [-0.39, 0.29) is 5.91 Å². The zero-order chi connectivity index (χ0) is 13.8. The summed E-state index contributed by atoms with van der Waals surface area (Å²) < 4.78 is 5.26. The van der Waals surface area contributed by atoms with Crippen LogP contribution in [-0.2, 0) is 0 Å². The van der Waals surface area contributed by atoms with E-state index in [2.05, 4.69) is 6.92 Å². The number of thioether (sulfide) groups is 1. The number of nitrogens with two attached hydrogens (primary N) is 1. The van der Waals surface area contributed by atoms with Gasteiger partial charge >= 0.3 is 0 Å². The van der Waals surface area contributed by atoms with Crippen LogP contribution in [0.25, 0.3) is 0 Å². The number of methoxy groups -OCH3 is 1. The van der Waals surface area contributed by atoms with Crippen molar-refractivity contribution in [3.05, 3.63) is 23.8 Å². The summed E-state index contributed by atoms with van der Waals surface area (Å²) >= 11 is 1.94. The summed E-state index contributed by atoms with van der Waals surface area (Å²) in [5.41, 5.74) is 6.92. The number of anilines is 1. The van der Waals surface area contributed by atoms with Gasteiger partial charge in [0.05, 0.1) is 18.4 Å². The van der Waals surface area contributed by atoms with E-state index in [1.54, 1.807) is 25.3 Å². The molecule has 0 bridgehead atoms. The first-order chi connectivity index (χ1) is 9.17. The number of nitrogen functional groups attached to an aromatic ring is 1. The molecule has 4 nitrogen and oxygen atoms in total. The van der Waals surface area contributed by atoms with Crippen LogP contribution in [0, 0.1) is 0 Å². The predicted octanol–water partition coefficient (Wildman–Crippen LogP) is 2.25. The minimum absolute atomic E-state index is 0.0166. The lowest BCUT2D eigenvalue weighted by atomic mass is 10.1. The van der Waals surface area contributed by atoms with Gasteiger partial charge in [-0.3, -0.25) is 4.79 Å². The molecule has 1 saturated heterocycles. The van der Waals surface area contributed by atoms with Gasteiger partial charge in [0.15, 0.2) is 5.75 Å². The predicted molar refractivity (Wildman–Crippen MR) is 79.8 cm³/mol. The Bertz CT molecular complexity index is 465. The van der Waals surface area contributed by atoms with E-state index in [9.17, 15) is 4.79 Å². The fourth-order valence-electron chi connectivity index (χ4n) is 2.27. The average molecular weight is 280 g/mol. The second-order valence-electron chi connectivity index (χ2n) is 4.58. The summed E-state index contributed by atoms with van der Waals surface area (Å²) in [6.45, 7) is 3.75. The van der Waals surface area contributed by atoms with E-state index in [0.29, 0.717) is 22.3 Å². The molecule has 1 atom stereocenters. The van der Waals surface area contributed by atoms with E-state index < -0.39 is 0 Å². The van der Waals surface area contributed by atoms with Crippen molar-refractivity contribution in [2.45, 2.75) is 18.6 Å². The standard InChI is InChI=1S/C14H20N2O2S/c1-3-10-9-16(7-8-19-10)14(17)11-5-4-6-12(15)13(11)18-2/h4-6,10H,3,7-9,15H2,1-2H3. The summed E-state index contributed by atoms with van der Waals surface area (Å²) in [6, 6.07) is 5.32. The highest BCUT2D eigenvalue weighted by atomic mass is 32.2. The van der Waals surface area contributed by atoms with Crippen molar-refractivity contribution in [1.29, 1.82) is 0 Å². The van der Waals surface area contributed by atoms with Crippen LogP contribution in [0.1, 0.15) is 23.7 Å². The Morgan fingerprint density at radius 1 is 1.58 bits per heavy atom. The van der Waals surface area contributed by atoms with Crippen molar-refractivity contribution in [1.82, 2.24) is 4.90 Å². The molecule has 1 aromatic rings. The maximum absolute atomic E-state index is 12.6. The van der Waals surface area contributed by atoms with Gasteiger partial charge in [-0.2, -0.15) is 11.8 Å². The van der Waals surface area contributed by atoms with E-state index in [0.717, 1.165) is 25.3 Å². The number of rotatable bonds is 3. The van der Waals surface area contributed by atoms with Crippen LogP contribution >= 0.6 is 11.8 Å². The molecular weight excluding hydrogens is 260 g/mol. The molecule has 0 saturated carbocycles. The Morgan fingerprint density at radius 2 is 2.37 bits per heavy atom. The highest BCUT2D eigenvalue weighted by molar-refractivity contribution is 8.00. The number of hydrogen-bond donors (Lipinski definition) is 1. The Morgan fingerprint density at radius 3 is 3.05 bits per heavy atom. The Hall–Kier alpha value is -1.36. The maximum atomic E-state index is 12.6. The van der Waals surface area contributed by atoms with Gasteiger partial charge in [-0.1, -0.05) is 13.0 Å². The molecule has 2 rings (SSSR count). The lowest BCUT2D eigenvalue weighted by Crippen LogP contribution is -2.41. The number of benzene rings is 1. The maximum Gasteiger partial charge on any atom is 0.257 e. The SMILES string of the molecule is CCC1CN(C(=O)c2cccc(N)c2OC)CCS1. The minimum atomic E-state index is 0.0166. The molecule has 1 aliphatic heterocycles. The van der Waals surface area contributed by atoms with E-state index in [1.165, 1.54) is 0 Å². The molecule has 2 N–H and O–H groups in total. The van der Waals surface area contributed by atoms with Gasteiger partial charge < -0.3 is 15.4 Å². The second kappa shape index (κ2) is 6.19. The molecule has 0 radical (unpaired) electrons. The first kappa shape index (κ1) is 14.1. The number of nitrogens with zero attached hydrogens (tertiary/aromatic N) is 1. The van der Waals surface area contributed by atoms with Crippen LogP contribution in [0.5, 0.6) is 5.75 Å². The van der Waals surface area contributed by atoms with Crippen molar-refractivity contribution in [3.8, 4) is 5.75 Å². The fraction of sp³-hybridized carbons (Fsp3) is 0.500. The first-order valence-corrected chi connectivity index (χ1v) is 7.55. The van der Waals surface area contributed by atoms with Gasteiger partial charge in [0, 0.05) is 24.1 Å². The van der Waals surface area contributed by atoms with Crippen molar-refractivity contribution < 1.29 is 9.53 Å². The monoisotopic (exact) mass is 280 g/mol. The summed E-state index contributed by atoms with van der Waals surface area (Å²) in [5, 5.41) is 0.532. The molecule has 1 unspecified atom stereocenters. The van der Waals surface area contributed by atoms with Crippen LogP contribution in [0.4, 0.5) is 5.69 Å². The van der Waals surface area contributed by atoms with Gasteiger partial charge in [0.1, 0.15) is 0 Å². The molecule has 1 fully saturated rings. The number of para-hydroxylation sites is 1. The summed E-state index contributed by atoms with van der Waals surface area (Å²) in [7, 11) is 1.55. The van der Waals surface area contributed by atoms with Gasteiger partial charge in [0.25, 0.3) is 5.91 Å². The van der Waals surface area contributed by atoms with Crippen molar-refractivity contribution in [2.75, 3.05) is 31.7 Å². The first-order valence-electron chi connectivity index (χ1n) is 6.50. The zero-order valence-corrected chi connectivity index (χ0v) is 12.2. The van der Waals surface area contributed by atoms with Gasteiger partial charge in [-0.15, -0.1) is 0 Å². The lowest BCUT2D eigenvalue weighted by Gasteiger charge is -2.32. The number of amides is 1. The molecule has 19 heavy (non-hydrogen) atoms. The Labute approximate surface area is 118 Å². The average Bonchev–Trinajstić information content (AvgIpc) is 2.46. The lowest BCUT2D eigenvalue weighted by molar-refractivity contribution is 0.0757. The molecule has 5 heteroatoms. The molecule has 0 aliphatic carbocycles. The number of ether oxygens (including phenoxy) is 1. The third-order valence-corrected chi connectivity index (χ3v) is 4.73. The van der Waals surface area contributed by atoms with E-state index >= 15 is 0 Å². The van der Waals surface area contributed by atoms with Crippen LogP contribution < -0.4 is 10.5 Å². The van der Waals surface area contributed by atoms with Crippen molar-refractivity contribution >= 4 is 23.4 Å². The largest absolute Gasteiger partial charge is 0.494 e. The molecule has 0 aromatic heterocycles. The minimum Gasteiger partial charge on any atom is -0.494 e.